The highest BCUT2D eigenvalue weighted by Crippen LogP contribution is 2.28. The summed E-state index contributed by atoms with van der Waals surface area (Å²) >= 11 is 0. The second-order valence-corrected chi connectivity index (χ2v) is 7.21. The fourth-order valence-electron chi connectivity index (χ4n) is 3.19. The van der Waals surface area contributed by atoms with E-state index in [0.29, 0.717) is 6.54 Å². The van der Waals surface area contributed by atoms with Gasteiger partial charge in [-0.1, -0.05) is 30.3 Å². The molecular formula is C20H31N3O2. The molecule has 2 amide bonds. The summed E-state index contributed by atoms with van der Waals surface area (Å²) in [5.41, 5.74) is 1.34. The lowest BCUT2D eigenvalue weighted by atomic mass is 10.2. The molecule has 25 heavy (non-hydrogen) atoms. The minimum Gasteiger partial charge on any atom is -0.381 e. The molecule has 1 aliphatic carbocycles. The van der Waals surface area contributed by atoms with Crippen molar-refractivity contribution in [2.75, 3.05) is 45.9 Å². The lowest BCUT2D eigenvalue weighted by Crippen LogP contribution is -2.42. The number of carbonyl (C=O) groups excluding carboxylic acids is 1. The van der Waals surface area contributed by atoms with E-state index >= 15 is 0 Å². The van der Waals surface area contributed by atoms with Crippen LogP contribution in [0.4, 0.5) is 4.79 Å². The van der Waals surface area contributed by atoms with E-state index in [1.54, 1.807) is 0 Å². The highest BCUT2D eigenvalue weighted by Gasteiger charge is 2.21. The molecule has 1 aromatic rings. The zero-order valence-corrected chi connectivity index (χ0v) is 15.2. The predicted molar refractivity (Wildman–Crippen MR) is 99.5 cm³/mol. The van der Waals surface area contributed by atoms with Crippen molar-refractivity contribution in [1.82, 2.24) is 15.1 Å². The number of benzene rings is 1. The average molecular weight is 345 g/mol. The third-order valence-corrected chi connectivity index (χ3v) is 4.92. The van der Waals surface area contributed by atoms with Crippen LogP contribution in [-0.2, 0) is 11.3 Å². The summed E-state index contributed by atoms with van der Waals surface area (Å²) < 4.78 is 5.60. The summed E-state index contributed by atoms with van der Waals surface area (Å²) in [5, 5.41) is 3.04. The number of ether oxygens (including phenoxy) is 1. The Labute approximate surface area is 151 Å². The Morgan fingerprint density at radius 2 is 1.96 bits per heavy atom. The summed E-state index contributed by atoms with van der Waals surface area (Å²) in [6.45, 7) is 6.95. The SMILES string of the molecule is O=C(NCCCOCC1CC1)N1CCCN(Cc2ccccc2)CC1. The Morgan fingerprint density at radius 1 is 1.12 bits per heavy atom. The van der Waals surface area contributed by atoms with Crippen LogP contribution >= 0.6 is 0 Å². The lowest BCUT2D eigenvalue weighted by Gasteiger charge is -2.22. The van der Waals surface area contributed by atoms with Crippen molar-refractivity contribution in [3.63, 3.8) is 0 Å². The van der Waals surface area contributed by atoms with Gasteiger partial charge in [0.25, 0.3) is 0 Å². The van der Waals surface area contributed by atoms with Gasteiger partial charge < -0.3 is 15.0 Å². The maximum atomic E-state index is 12.3. The molecule has 1 aromatic carbocycles. The van der Waals surface area contributed by atoms with Crippen molar-refractivity contribution in [3.05, 3.63) is 35.9 Å². The number of nitrogens with one attached hydrogen (secondary N) is 1. The van der Waals surface area contributed by atoms with Gasteiger partial charge in [-0.3, -0.25) is 4.90 Å². The zero-order valence-electron chi connectivity index (χ0n) is 15.2. The van der Waals surface area contributed by atoms with Crippen LogP contribution in [0.5, 0.6) is 0 Å². The van der Waals surface area contributed by atoms with Gasteiger partial charge in [0, 0.05) is 52.5 Å². The van der Waals surface area contributed by atoms with Gasteiger partial charge in [0.1, 0.15) is 0 Å². The third-order valence-electron chi connectivity index (χ3n) is 4.92. The monoisotopic (exact) mass is 345 g/mol. The molecule has 5 nitrogen and oxygen atoms in total. The molecule has 0 unspecified atom stereocenters. The van der Waals surface area contributed by atoms with Gasteiger partial charge in [0.15, 0.2) is 0 Å². The van der Waals surface area contributed by atoms with Gasteiger partial charge in [0.2, 0.25) is 0 Å². The highest BCUT2D eigenvalue weighted by atomic mass is 16.5. The van der Waals surface area contributed by atoms with Gasteiger partial charge in [-0.25, -0.2) is 4.79 Å². The van der Waals surface area contributed by atoms with E-state index in [1.807, 2.05) is 4.90 Å². The van der Waals surface area contributed by atoms with Gasteiger partial charge in [-0.05, 0) is 37.2 Å². The smallest absolute Gasteiger partial charge is 0.317 e. The number of nitrogens with zero attached hydrogens (tertiary/aromatic N) is 2. The van der Waals surface area contributed by atoms with E-state index in [-0.39, 0.29) is 6.03 Å². The number of hydrogen-bond donors (Lipinski definition) is 1. The van der Waals surface area contributed by atoms with Crippen LogP contribution < -0.4 is 5.32 Å². The average Bonchev–Trinajstić information content (AvgIpc) is 3.46. The Morgan fingerprint density at radius 3 is 2.76 bits per heavy atom. The van der Waals surface area contributed by atoms with Gasteiger partial charge in [-0.15, -0.1) is 0 Å². The predicted octanol–water partition coefficient (Wildman–Crippen LogP) is 2.72. The van der Waals surface area contributed by atoms with Crippen LogP contribution in [-0.4, -0.2) is 61.8 Å². The first-order valence-electron chi connectivity index (χ1n) is 9.68. The number of urea groups is 1. The van der Waals surface area contributed by atoms with Crippen molar-refractivity contribution in [2.45, 2.75) is 32.2 Å². The van der Waals surface area contributed by atoms with E-state index in [2.05, 4.69) is 40.5 Å². The fourth-order valence-corrected chi connectivity index (χ4v) is 3.19. The van der Waals surface area contributed by atoms with E-state index in [1.165, 1.54) is 18.4 Å². The molecule has 0 spiro atoms. The quantitative estimate of drug-likeness (QED) is 0.737. The Balaban J connectivity index is 1.30. The lowest BCUT2D eigenvalue weighted by molar-refractivity contribution is 0.121. The maximum absolute atomic E-state index is 12.3. The molecule has 5 heteroatoms. The maximum Gasteiger partial charge on any atom is 0.317 e. The Bertz CT molecular complexity index is 519. The van der Waals surface area contributed by atoms with Crippen molar-refractivity contribution >= 4 is 6.03 Å². The topological polar surface area (TPSA) is 44.8 Å². The van der Waals surface area contributed by atoms with Gasteiger partial charge in [-0.2, -0.15) is 0 Å². The summed E-state index contributed by atoms with van der Waals surface area (Å²) in [5.74, 6) is 0.811. The molecule has 2 aliphatic rings. The molecule has 1 aliphatic heterocycles. The molecule has 1 saturated heterocycles. The van der Waals surface area contributed by atoms with Crippen molar-refractivity contribution < 1.29 is 9.53 Å². The molecule has 2 fully saturated rings. The normalized spacial score (nSPS) is 18.8. The van der Waals surface area contributed by atoms with Crippen LogP contribution in [0.25, 0.3) is 0 Å². The standard InChI is InChI=1S/C20H31N3O2/c24-20(21-10-4-15-25-17-19-8-9-19)23-12-5-11-22(13-14-23)16-18-6-2-1-3-7-18/h1-3,6-7,19H,4-5,8-17H2,(H,21,24). The van der Waals surface area contributed by atoms with Crippen molar-refractivity contribution in [1.29, 1.82) is 0 Å². The third kappa shape index (κ3) is 6.67. The largest absolute Gasteiger partial charge is 0.381 e. The number of carbonyl (C=O) groups is 1. The molecule has 0 atom stereocenters. The van der Waals surface area contributed by atoms with Crippen LogP contribution in [0.3, 0.4) is 0 Å². The molecule has 3 rings (SSSR count). The molecule has 0 radical (unpaired) electrons. The number of hydrogen-bond acceptors (Lipinski definition) is 3. The van der Waals surface area contributed by atoms with Gasteiger partial charge in [0.05, 0.1) is 0 Å². The van der Waals surface area contributed by atoms with E-state index in [9.17, 15) is 4.79 Å². The van der Waals surface area contributed by atoms with E-state index in [4.69, 9.17) is 4.74 Å². The Kier molecular flexibility index (Phi) is 7.12. The number of amides is 2. The first-order chi connectivity index (χ1) is 12.3. The van der Waals surface area contributed by atoms with Crippen LogP contribution in [0.1, 0.15) is 31.2 Å². The number of rotatable bonds is 8. The second-order valence-electron chi connectivity index (χ2n) is 7.21. The van der Waals surface area contributed by atoms with E-state index < -0.39 is 0 Å². The molecular weight excluding hydrogens is 314 g/mol. The fraction of sp³-hybridized carbons (Fsp3) is 0.650. The van der Waals surface area contributed by atoms with Crippen molar-refractivity contribution in [3.8, 4) is 0 Å². The minimum absolute atomic E-state index is 0.0729. The summed E-state index contributed by atoms with van der Waals surface area (Å²) in [7, 11) is 0. The van der Waals surface area contributed by atoms with E-state index in [0.717, 1.165) is 64.7 Å². The molecule has 138 valence electrons. The minimum atomic E-state index is 0.0729. The van der Waals surface area contributed by atoms with Crippen LogP contribution in [0.15, 0.2) is 30.3 Å². The van der Waals surface area contributed by atoms with Crippen LogP contribution in [0, 0.1) is 5.92 Å². The van der Waals surface area contributed by atoms with Crippen LogP contribution in [0.2, 0.25) is 0 Å². The molecule has 1 N–H and O–H groups in total. The molecule has 1 heterocycles. The molecule has 0 aromatic heterocycles. The summed E-state index contributed by atoms with van der Waals surface area (Å²) in [6.07, 6.45) is 4.58. The first kappa shape index (κ1) is 18.2. The second kappa shape index (κ2) is 9.78. The zero-order chi connectivity index (χ0) is 17.3. The summed E-state index contributed by atoms with van der Waals surface area (Å²) in [4.78, 5) is 16.7. The molecule has 0 bridgehead atoms. The summed E-state index contributed by atoms with van der Waals surface area (Å²) in [6, 6.07) is 10.6. The highest BCUT2D eigenvalue weighted by molar-refractivity contribution is 5.74. The Hall–Kier alpha value is -1.59. The molecule has 1 saturated carbocycles. The van der Waals surface area contributed by atoms with Gasteiger partial charge >= 0.3 is 6.03 Å². The van der Waals surface area contributed by atoms with Crippen molar-refractivity contribution in [2.24, 2.45) is 5.92 Å². The first-order valence-corrected chi connectivity index (χ1v) is 9.68.